The number of hydrogen-bond donors (Lipinski definition) is 1. The molecule has 0 radical (unpaired) electrons. The van der Waals surface area contributed by atoms with E-state index in [1.807, 2.05) is 32.0 Å². The minimum absolute atomic E-state index is 0.811. The molecule has 1 N–H and O–H groups in total. The van der Waals surface area contributed by atoms with E-state index < -0.39 is 0 Å². The van der Waals surface area contributed by atoms with Crippen molar-refractivity contribution >= 4 is 21.6 Å². The normalized spacial score (nSPS) is 10.3. The van der Waals surface area contributed by atoms with Crippen molar-refractivity contribution in [2.45, 2.75) is 20.4 Å². The van der Waals surface area contributed by atoms with Crippen LogP contribution in [0.25, 0.3) is 0 Å². The molecular weight excluding hydrogens is 276 g/mol. The zero-order chi connectivity index (χ0) is 12.3. The van der Waals surface area contributed by atoms with Crippen LogP contribution >= 0.6 is 15.9 Å². The van der Waals surface area contributed by atoms with Crippen molar-refractivity contribution in [2.24, 2.45) is 0 Å². The molecule has 0 atom stereocenters. The van der Waals surface area contributed by atoms with Gasteiger partial charge in [0, 0.05) is 16.7 Å². The van der Waals surface area contributed by atoms with Crippen molar-refractivity contribution in [3.63, 3.8) is 0 Å². The van der Waals surface area contributed by atoms with Crippen molar-refractivity contribution in [3.8, 4) is 0 Å². The molecule has 0 amide bonds. The third-order valence-electron chi connectivity index (χ3n) is 2.60. The monoisotopic (exact) mass is 290 g/mol. The first-order valence-corrected chi connectivity index (χ1v) is 6.37. The summed E-state index contributed by atoms with van der Waals surface area (Å²) in [6.07, 6.45) is 0. The zero-order valence-corrected chi connectivity index (χ0v) is 11.6. The molecular formula is C14H15BrN2. The predicted molar refractivity (Wildman–Crippen MR) is 75.2 cm³/mol. The van der Waals surface area contributed by atoms with Gasteiger partial charge in [0.15, 0.2) is 0 Å². The smallest absolute Gasteiger partial charge is 0.0606 e. The van der Waals surface area contributed by atoms with Crippen molar-refractivity contribution in [3.05, 3.63) is 57.8 Å². The van der Waals surface area contributed by atoms with Gasteiger partial charge in [-0.15, -0.1) is 0 Å². The van der Waals surface area contributed by atoms with Crippen molar-refractivity contribution in [1.29, 1.82) is 0 Å². The number of hydrogen-bond acceptors (Lipinski definition) is 2. The highest BCUT2D eigenvalue weighted by Crippen LogP contribution is 2.16. The summed E-state index contributed by atoms with van der Waals surface area (Å²) < 4.78 is 1.11. The van der Waals surface area contributed by atoms with Gasteiger partial charge in [0.1, 0.15) is 0 Å². The van der Waals surface area contributed by atoms with Crippen LogP contribution in [0.2, 0.25) is 0 Å². The second-order valence-corrected chi connectivity index (χ2v) is 4.98. The first kappa shape index (κ1) is 12.1. The highest BCUT2D eigenvalue weighted by molar-refractivity contribution is 9.10. The van der Waals surface area contributed by atoms with Crippen LogP contribution in [0.5, 0.6) is 0 Å². The Bertz CT molecular complexity index is 523. The Hall–Kier alpha value is -1.35. The van der Waals surface area contributed by atoms with Gasteiger partial charge in [-0.2, -0.15) is 0 Å². The third-order valence-corrected chi connectivity index (χ3v) is 3.09. The Morgan fingerprint density at radius 1 is 1.18 bits per heavy atom. The van der Waals surface area contributed by atoms with Crippen LogP contribution in [0.15, 0.2) is 40.9 Å². The Morgan fingerprint density at radius 2 is 2.00 bits per heavy atom. The van der Waals surface area contributed by atoms with E-state index in [0.717, 1.165) is 28.1 Å². The summed E-state index contributed by atoms with van der Waals surface area (Å²) in [6.45, 7) is 4.84. The quantitative estimate of drug-likeness (QED) is 0.922. The molecule has 2 nitrogen and oxygen atoms in total. The lowest BCUT2D eigenvalue weighted by Gasteiger charge is -2.09. The molecule has 0 fully saturated rings. The van der Waals surface area contributed by atoms with Crippen molar-refractivity contribution in [2.75, 3.05) is 5.32 Å². The molecule has 1 aromatic heterocycles. The van der Waals surface area contributed by atoms with Crippen LogP contribution < -0.4 is 5.32 Å². The minimum atomic E-state index is 0.811. The fourth-order valence-electron chi connectivity index (χ4n) is 1.72. The molecule has 17 heavy (non-hydrogen) atoms. The molecule has 0 unspecified atom stereocenters. The maximum Gasteiger partial charge on any atom is 0.0606 e. The highest BCUT2D eigenvalue weighted by Gasteiger charge is 2.00. The van der Waals surface area contributed by atoms with E-state index in [4.69, 9.17) is 0 Å². The number of nitrogens with one attached hydrogen (secondary N) is 1. The summed E-state index contributed by atoms with van der Waals surface area (Å²) in [7, 11) is 0. The number of nitrogens with zero attached hydrogens (tertiary/aromatic N) is 1. The summed E-state index contributed by atoms with van der Waals surface area (Å²) in [6, 6.07) is 12.4. The van der Waals surface area contributed by atoms with Crippen LogP contribution in [-0.4, -0.2) is 4.98 Å². The lowest BCUT2D eigenvalue weighted by Crippen LogP contribution is -2.02. The molecule has 0 aliphatic carbocycles. The molecule has 0 aliphatic rings. The summed E-state index contributed by atoms with van der Waals surface area (Å²) >= 11 is 3.47. The summed E-state index contributed by atoms with van der Waals surface area (Å²) in [5.74, 6) is 0. The molecule has 1 aromatic carbocycles. The topological polar surface area (TPSA) is 24.9 Å². The Morgan fingerprint density at radius 3 is 2.71 bits per heavy atom. The van der Waals surface area contributed by atoms with Gasteiger partial charge in [0.2, 0.25) is 0 Å². The average Bonchev–Trinajstić information content (AvgIpc) is 2.28. The number of anilines is 1. The second kappa shape index (κ2) is 5.32. The van der Waals surface area contributed by atoms with Crippen LogP contribution in [-0.2, 0) is 6.54 Å². The van der Waals surface area contributed by atoms with E-state index in [1.54, 1.807) is 0 Å². The molecule has 0 aliphatic heterocycles. The number of aryl methyl sites for hydroxylation is 2. The standard InChI is InChI=1S/C14H15BrN2/c1-10-6-7-14(11(2)17-10)16-9-12-4-3-5-13(15)8-12/h3-8,16H,9H2,1-2H3. The molecule has 2 rings (SSSR count). The van der Waals surface area contributed by atoms with E-state index >= 15 is 0 Å². The number of aromatic nitrogens is 1. The molecule has 2 aromatic rings. The van der Waals surface area contributed by atoms with Gasteiger partial charge in [0.25, 0.3) is 0 Å². The molecule has 1 heterocycles. The van der Waals surface area contributed by atoms with Crippen LogP contribution in [0.4, 0.5) is 5.69 Å². The van der Waals surface area contributed by atoms with Gasteiger partial charge in [-0.25, -0.2) is 0 Å². The van der Waals surface area contributed by atoms with Gasteiger partial charge in [-0.05, 0) is 43.7 Å². The summed E-state index contributed by atoms with van der Waals surface area (Å²) in [5.41, 5.74) is 4.44. The molecule has 0 spiro atoms. The van der Waals surface area contributed by atoms with E-state index in [1.165, 1.54) is 5.56 Å². The lowest BCUT2D eigenvalue weighted by molar-refractivity contribution is 1.08. The molecule has 3 heteroatoms. The first-order valence-electron chi connectivity index (χ1n) is 5.58. The summed E-state index contributed by atoms with van der Waals surface area (Å²) in [4.78, 5) is 4.43. The van der Waals surface area contributed by atoms with Crippen molar-refractivity contribution < 1.29 is 0 Å². The van der Waals surface area contributed by atoms with Gasteiger partial charge < -0.3 is 5.32 Å². The van der Waals surface area contributed by atoms with Gasteiger partial charge in [-0.3, -0.25) is 4.98 Å². The highest BCUT2D eigenvalue weighted by atomic mass is 79.9. The SMILES string of the molecule is Cc1ccc(NCc2cccc(Br)c2)c(C)n1. The fraction of sp³-hybridized carbons (Fsp3) is 0.214. The number of benzene rings is 1. The van der Waals surface area contributed by atoms with Crippen LogP contribution in [0, 0.1) is 13.8 Å². The maximum atomic E-state index is 4.43. The Balaban J connectivity index is 2.07. The average molecular weight is 291 g/mol. The Kier molecular flexibility index (Phi) is 3.79. The number of halogens is 1. The van der Waals surface area contributed by atoms with Crippen LogP contribution in [0.1, 0.15) is 17.0 Å². The van der Waals surface area contributed by atoms with E-state index in [0.29, 0.717) is 0 Å². The molecule has 0 saturated carbocycles. The van der Waals surface area contributed by atoms with E-state index in [-0.39, 0.29) is 0 Å². The number of pyridine rings is 1. The van der Waals surface area contributed by atoms with Gasteiger partial charge in [0.05, 0.1) is 11.4 Å². The minimum Gasteiger partial charge on any atom is -0.380 e. The van der Waals surface area contributed by atoms with E-state index in [9.17, 15) is 0 Å². The molecule has 0 saturated heterocycles. The van der Waals surface area contributed by atoms with Gasteiger partial charge in [-0.1, -0.05) is 28.1 Å². The molecule has 0 bridgehead atoms. The van der Waals surface area contributed by atoms with Gasteiger partial charge >= 0.3 is 0 Å². The van der Waals surface area contributed by atoms with Crippen LogP contribution in [0.3, 0.4) is 0 Å². The van der Waals surface area contributed by atoms with E-state index in [2.05, 4.69) is 44.4 Å². The lowest BCUT2D eigenvalue weighted by atomic mass is 10.2. The fourth-order valence-corrected chi connectivity index (χ4v) is 2.16. The summed E-state index contributed by atoms with van der Waals surface area (Å²) in [5, 5.41) is 3.40. The largest absolute Gasteiger partial charge is 0.380 e. The first-order chi connectivity index (χ1) is 8.15. The Labute approximate surface area is 110 Å². The second-order valence-electron chi connectivity index (χ2n) is 4.07. The zero-order valence-electron chi connectivity index (χ0n) is 10.00. The maximum absolute atomic E-state index is 4.43. The number of rotatable bonds is 3. The predicted octanol–water partition coefficient (Wildman–Crippen LogP) is 4.07. The third kappa shape index (κ3) is 3.30. The molecule has 88 valence electrons. The van der Waals surface area contributed by atoms with Crippen molar-refractivity contribution in [1.82, 2.24) is 4.98 Å².